The van der Waals surface area contributed by atoms with Gasteiger partial charge in [0.2, 0.25) is 5.88 Å². The van der Waals surface area contributed by atoms with E-state index in [1.807, 2.05) is 0 Å². The van der Waals surface area contributed by atoms with Crippen LogP contribution in [0.5, 0.6) is 5.88 Å². The first-order chi connectivity index (χ1) is 10.3. The Balaban J connectivity index is 2.43. The van der Waals surface area contributed by atoms with E-state index < -0.39 is 31.3 Å². The van der Waals surface area contributed by atoms with E-state index in [1.165, 1.54) is 6.07 Å². The van der Waals surface area contributed by atoms with Crippen molar-refractivity contribution in [3.8, 4) is 5.88 Å². The number of aromatic nitrogens is 1. The van der Waals surface area contributed by atoms with Gasteiger partial charge in [-0.3, -0.25) is 4.79 Å². The van der Waals surface area contributed by atoms with Crippen LogP contribution in [0, 0.1) is 0 Å². The average molecular weight is 322 g/mol. The fraction of sp³-hybridized carbons (Fsp3) is 0.417. The van der Waals surface area contributed by atoms with Gasteiger partial charge in [0.15, 0.2) is 6.61 Å². The number of nitrogens with zero attached hydrogens (tertiary/aromatic N) is 1. The summed E-state index contributed by atoms with van der Waals surface area (Å²) < 4.78 is 45.2. The number of amides is 1. The number of pyridine rings is 1. The lowest BCUT2D eigenvalue weighted by atomic mass is 10.2. The molecular weight excluding hydrogens is 309 g/mol. The van der Waals surface area contributed by atoms with Gasteiger partial charge in [-0.2, -0.15) is 13.2 Å². The molecule has 2 N–H and O–H groups in total. The molecule has 0 aromatic carbocycles. The lowest BCUT2D eigenvalue weighted by Crippen LogP contribution is -2.28. The Labute approximate surface area is 123 Å². The van der Waals surface area contributed by atoms with E-state index in [-0.39, 0.29) is 24.6 Å². The second kappa shape index (κ2) is 8.17. The molecule has 1 amide bonds. The van der Waals surface area contributed by atoms with E-state index in [2.05, 4.69) is 15.0 Å². The van der Waals surface area contributed by atoms with Gasteiger partial charge in [-0.15, -0.1) is 0 Å². The Morgan fingerprint density at radius 2 is 2.09 bits per heavy atom. The molecule has 1 aromatic rings. The maximum absolute atomic E-state index is 12.0. The molecule has 122 valence electrons. The van der Waals surface area contributed by atoms with Crippen molar-refractivity contribution in [1.29, 1.82) is 0 Å². The van der Waals surface area contributed by atoms with Crippen molar-refractivity contribution in [3.63, 3.8) is 0 Å². The number of hydrogen-bond donors (Lipinski definition) is 2. The number of rotatable bonds is 8. The number of alkyl halides is 3. The molecule has 0 radical (unpaired) electrons. The third-order valence-corrected chi connectivity index (χ3v) is 2.14. The third kappa shape index (κ3) is 7.43. The quantitative estimate of drug-likeness (QED) is 0.689. The van der Waals surface area contributed by atoms with E-state index in [9.17, 15) is 22.8 Å². The fourth-order valence-corrected chi connectivity index (χ4v) is 1.28. The van der Waals surface area contributed by atoms with Gasteiger partial charge in [-0.1, -0.05) is 0 Å². The van der Waals surface area contributed by atoms with Crippen molar-refractivity contribution >= 4 is 11.9 Å². The zero-order chi connectivity index (χ0) is 16.6. The van der Waals surface area contributed by atoms with E-state index in [4.69, 9.17) is 9.84 Å². The molecule has 22 heavy (non-hydrogen) atoms. The third-order valence-electron chi connectivity index (χ3n) is 2.14. The first-order valence-corrected chi connectivity index (χ1v) is 6.01. The Morgan fingerprint density at radius 3 is 2.73 bits per heavy atom. The molecule has 7 nitrogen and oxygen atoms in total. The van der Waals surface area contributed by atoms with Gasteiger partial charge in [0.05, 0.1) is 6.61 Å². The van der Waals surface area contributed by atoms with E-state index in [0.29, 0.717) is 0 Å². The number of aliphatic carboxylic acids is 1. The van der Waals surface area contributed by atoms with Crippen LogP contribution in [0.1, 0.15) is 10.4 Å². The van der Waals surface area contributed by atoms with Crippen LogP contribution in [0.15, 0.2) is 18.3 Å². The van der Waals surface area contributed by atoms with Crippen molar-refractivity contribution < 1.29 is 37.3 Å². The van der Waals surface area contributed by atoms with Crippen molar-refractivity contribution in [2.75, 3.05) is 26.4 Å². The summed E-state index contributed by atoms with van der Waals surface area (Å²) in [4.78, 5) is 25.4. The van der Waals surface area contributed by atoms with Crippen LogP contribution in [0.3, 0.4) is 0 Å². The highest BCUT2D eigenvalue weighted by Crippen LogP contribution is 2.17. The summed E-state index contributed by atoms with van der Waals surface area (Å²) in [6.45, 7) is -1.96. The topological polar surface area (TPSA) is 97.8 Å². The van der Waals surface area contributed by atoms with Gasteiger partial charge in [-0.05, 0) is 6.07 Å². The van der Waals surface area contributed by atoms with Crippen molar-refractivity contribution in [2.24, 2.45) is 0 Å². The monoisotopic (exact) mass is 322 g/mol. The minimum absolute atomic E-state index is 0.0133. The van der Waals surface area contributed by atoms with Crippen LogP contribution in [-0.4, -0.2) is 54.5 Å². The normalized spacial score (nSPS) is 11.0. The Hall–Kier alpha value is -2.36. The van der Waals surface area contributed by atoms with Crippen LogP contribution in [0.4, 0.5) is 13.2 Å². The Bertz CT molecular complexity index is 522. The second-order valence-corrected chi connectivity index (χ2v) is 3.99. The first kappa shape index (κ1) is 17.7. The zero-order valence-corrected chi connectivity index (χ0v) is 11.2. The number of carbonyl (C=O) groups is 2. The summed E-state index contributed by atoms with van der Waals surface area (Å²) in [5.41, 5.74) is 0.0606. The smallest absolute Gasteiger partial charge is 0.422 e. The minimum Gasteiger partial charge on any atom is -0.480 e. The number of ether oxygens (including phenoxy) is 2. The van der Waals surface area contributed by atoms with Gasteiger partial charge < -0.3 is 19.9 Å². The predicted molar refractivity (Wildman–Crippen MR) is 66.6 cm³/mol. The van der Waals surface area contributed by atoms with Gasteiger partial charge >= 0.3 is 12.1 Å². The van der Waals surface area contributed by atoms with Crippen LogP contribution in [-0.2, 0) is 9.53 Å². The van der Waals surface area contributed by atoms with E-state index in [0.717, 1.165) is 12.3 Å². The fourth-order valence-electron chi connectivity index (χ4n) is 1.28. The van der Waals surface area contributed by atoms with Gasteiger partial charge in [0.25, 0.3) is 5.91 Å². The zero-order valence-electron chi connectivity index (χ0n) is 11.2. The van der Waals surface area contributed by atoms with Crippen LogP contribution in [0.2, 0.25) is 0 Å². The highest BCUT2D eigenvalue weighted by atomic mass is 19.4. The Morgan fingerprint density at radius 1 is 1.36 bits per heavy atom. The maximum atomic E-state index is 12.0. The summed E-state index contributed by atoms with van der Waals surface area (Å²) in [5, 5.41) is 10.7. The molecule has 1 aromatic heterocycles. The molecule has 0 bridgehead atoms. The summed E-state index contributed by atoms with van der Waals surface area (Å²) in [5.74, 6) is -2.03. The molecular formula is C12H13F3N2O5. The number of carboxylic acid groups (broad SMARTS) is 1. The maximum Gasteiger partial charge on any atom is 0.422 e. The second-order valence-electron chi connectivity index (χ2n) is 3.99. The van der Waals surface area contributed by atoms with Gasteiger partial charge in [0.1, 0.15) is 6.61 Å². The number of nitrogens with one attached hydrogen (secondary N) is 1. The van der Waals surface area contributed by atoms with Gasteiger partial charge in [0, 0.05) is 24.4 Å². The predicted octanol–water partition coefficient (Wildman–Crippen LogP) is 0.854. The Kier molecular flexibility index (Phi) is 6.57. The summed E-state index contributed by atoms with van der Waals surface area (Å²) in [6.07, 6.45) is -3.36. The van der Waals surface area contributed by atoms with Crippen molar-refractivity contribution in [3.05, 3.63) is 23.9 Å². The molecule has 1 rings (SSSR count). The average Bonchev–Trinajstić information content (AvgIpc) is 2.44. The lowest BCUT2D eigenvalue weighted by molar-refractivity contribution is -0.154. The number of carbonyl (C=O) groups excluding carboxylic acids is 1. The molecule has 0 atom stereocenters. The molecule has 1 heterocycles. The lowest BCUT2D eigenvalue weighted by Gasteiger charge is -2.09. The molecule has 0 saturated heterocycles. The summed E-state index contributed by atoms with van der Waals surface area (Å²) >= 11 is 0. The molecule has 0 aliphatic heterocycles. The molecule has 0 aliphatic rings. The largest absolute Gasteiger partial charge is 0.480 e. The SMILES string of the molecule is O=C(O)COCCNC(=O)c1ccnc(OCC(F)(F)F)c1. The van der Waals surface area contributed by atoms with Crippen molar-refractivity contribution in [2.45, 2.75) is 6.18 Å². The van der Waals surface area contributed by atoms with Crippen molar-refractivity contribution in [1.82, 2.24) is 10.3 Å². The standard InChI is InChI=1S/C12H13F3N2O5/c13-12(14,15)7-22-9-5-8(1-2-16-9)11(20)17-3-4-21-6-10(18)19/h1-2,5H,3-4,6-7H2,(H,17,20)(H,18,19). The van der Waals surface area contributed by atoms with Crippen LogP contribution >= 0.6 is 0 Å². The van der Waals surface area contributed by atoms with E-state index in [1.54, 1.807) is 0 Å². The number of carboxylic acids is 1. The highest BCUT2D eigenvalue weighted by Gasteiger charge is 2.28. The summed E-state index contributed by atoms with van der Waals surface area (Å²) in [6, 6.07) is 2.37. The molecule has 0 aliphatic carbocycles. The molecule has 0 saturated carbocycles. The van der Waals surface area contributed by atoms with Crippen LogP contribution < -0.4 is 10.1 Å². The molecule has 0 spiro atoms. The first-order valence-electron chi connectivity index (χ1n) is 6.01. The molecule has 0 fully saturated rings. The number of hydrogen-bond acceptors (Lipinski definition) is 5. The summed E-state index contributed by atoms with van der Waals surface area (Å²) in [7, 11) is 0. The minimum atomic E-state index is -4.50. The highest BCUT2D eigenvalue weighted by molar-refractivity contribution is 5.94. The molecule has 10 heteroatoms. The van der Waals surface area contributed by atoms with E-state index >= 15 is 0 Å². The molecule has 0 unspecified atom stereocenters. The number of halogens is 3. The van der Waals surface area contributed by atoms with Gasteiger partial charge in [-0.25, -0.2) is 9.78 Å². The van der Waals surface area contributed by atoms with Crippen LogP contribution in [0.25, 0.3) is 0 Å².